The number of likely N-dealkylation sites (tertiary alicyclic amines) is 1. The molecular weight excluding hydrogens is 250 g/mol. The summed E-state index contributed by atoms with van der Waals surface area (Å²) in [4.78, 5) is 24.4. The van der Waals surface area contributed by atoms with Crippen molar-refractivity contribution in [2.45, 2.75) is 38.6 Å². The van der Waals surface area contributed by atoms with E-state index < -0.39 is 5.97 Å². The molecule has 0 saturated carbocycles. The predicted molar refractivity (Wildman–Crippen MR) is 64.2 cm³/mol. The van der Waals surface area contributed by atoms with Crippen LogP contribution in [0, 0.1) is 0 Å². The first-order valence-corrected chi connectivity index (χ1v) is 6.41. The van der Waals surface area contributed by atoms with E-state index in [0.717, 1.165) is 25.9 Å². The molecule has 0 aliphatic carbocycles. The Balaban J connectivity index is 1.92. The molecule has 1 aromatic rings. The maximum absolute atomic E-state index is 12.0. The Hall–Kier alpha value is -1.99. The Morgan fingerprint density at radius 2 is 1.95 bits per heavy atom. The average molecular weight is 267 g/mol. The lowest BCUT2D eigenvalue weighted by molar-refractivity contribution is -0.137. The van der Waals surface area contributed by atoms with Crippen molar-refractivity contribution in [3.63, 3.8) is 0 Å². The van der Waals surface area contributed by atoms with Crippen molar-refractivity contribution in [3.8, 4) is 0 Å². The lowest BCUT2D eigenvalue weighted by Crippen LogP contribution is -2.38. The van der Waals surface area contributed by atoms with Gasteiger partial charge < -0.3 is 10.0 Å². The van der Waals surface area contributed by atoms with Gasteiger partial charge in [0.05, 0.1) is 6.42 Å². The number of tetrazole rings is 1. The number of piperidine rings is 1. The number of hydrogen-bond donors (Lipinski definition) is 1. The molecule has 1 aromatic heterocycles. The molecule has 19 heavy (non-hydrogen) atoms. The zero-order valence-corrected chi connectivity index (χ0v) is 10.7. The van der Waals surface area contributed by atoms with Crippen molar-refractivity contribution >= 4 is 11.9 Å². The summed E-state index contributed by atoms with van der Waals surface area (Å²) in [6.45, 7) is 1.65. The smallest absolute Gasteiger partial charge is 0.303 e. The van der Waals surface area contributed by atoms with Gasteiger partial charge in [-0.3, -0.25) is 9.59 Å². The van der Waals surface area contributed by atoms with Crippen LogP contribution < -0.4 is 0 Å². The number of nitrogens with zero attached hydrogens (tertiary/aromatic N) is 5. The van der Waals surface area contributed by atoms with Gasteiger partial charge in [0, 0.05) is 19.5 Å². The fourth-order valence-electron chi connectivity index (χ4n) is 2.12. The van der Waals surface area contributed by atoms with Gasteiger partial charge in [0.15, 0.2) is 5.82 Å². The molecule has 2 rings (SSSR count). The minimum absolute atomic E-state index is 0.0106. The zero-order chi connectivity index (χ0) is 13.7. The molecule has 0 bridgehead atoms. The van der Waals surface area contributed by atoms with Crippen LogP contribution in [-0.4, -0.2) is 55.2 Å². The quantitative estimate of drug-likeness (QED) is 0.786. The van der Waals surface area contributed by atoms with Gasteiger partial charge >= 0.3 is 5.97 Å². The fraction of sp³-hybridized carbons (Fsp3) is 0.727. The molecule has 1 aliphatic rings. The number of carbonyl (C=O) groups is 2. The monoisotopic (exact) mass is 267 g/mol. The third-order valence-corrected chi connectivity index (χ3v) is 3.16. The average Bonchev–Trinajstić information content (AvgIpc) is 2.84. The van der Waals surface area contributed by atoms with Crippen molar-refractivity contribution in [1.29, 1.82) is 0 Å². The van der Waals surface area contributed by atoms with Crippen LogP contribution in [0.3, 0.4) is 0 Å². The minimum Gasteiger partial charge on any atom is -0.481 e. The fourth-order valence-corrected chi connectivity index (χ4v) is 2.12. The van der Waals surface area contributed by atoms with Gasteiger partial charge in [-0.2, -0.15) is 0 Å². The number of aromatic nitrogens is 4. The number of hydrogen-bond acceptors (Lipinski definition) is 5. The van der Waals surface area contributed by atoms with Crippen molar-refractivity contribution < 1.29 is 14.7 Å². The van der Waals surface area contributed by atoms with Crippen molar-refractivity contribution in [2.75, 3.05) is 13.1 Å². The summed E-state index contributed by atoms with van der Waals surface area (Å²) in [5.74, 6) is -0.478. The molecule has 1 fully saturated rings. The van der Waals surface area contributed by atoms with Crippen LogP contribution in [0.25, 0.3) is 0 Å². The summed E-state index contributed by atoms with van der Waals surface area (Å²) in [6, 6.07) is 0. The maximum atomic E-state index is 12.0. The van der Waals surface area contributed by atoms with Crippen LogP contribution >= 0.6 is 0 Å². The van der Waals surface area contributed by atoms with Gasteiger partial charge in [-0.05, 0) is 29.7 Å². The number of rotatable bonds is 5. The topological polar surface area (TPSA) is 101 Å². The number of aryl methyl sites for hydroxylation is 1. The standard InChI is InChI=1S/C11H17N5O3/c17-10(15-6-2-1-3-7-15)8-16-9(12-13-14-16)4-5-11(18)19/h1-8H2,(H,18,19). The second-order valence-electron chi connectivity index (χ2n) is 4.59. The third-order valence-electron chi connectivity index (χ3n) is 3.16. The van der Waals surface area contributed by atoms with Crippen molar-refractivity contribution in [2.24, 2.45) is 0 Å². The number of carbonyl (C=O) groups excluding carboxylic acids is 1. The van der Waals surface area contributed by atoms with E-state index in [4.69, 9.17) is 5.11 Å². The Labute approximate surface area is 110 Å². The second-order valence-corrected chi connectivity index (χ2v) is 4.59. The molecule has 104 valence electrons. The molecule has 8 nitrogen and oxygen atoms in total. The Kier molecular flexibility index (Phi) is 4.43. The molecule has 1 N–H and O–H groups in total. The summed E-state index contributed by atoms with van der Waals surface area (Å²) >= 11 is 0. The second kappa shape index (κ2) is 6.26. The van der Waals surface area contributed by atoms with E-state index in [1.54, 1.807) is 0 Å². The van der Waals surface area contributed by atoms with E-state index in [1.165, 1.54) is 11.1 Å². The number of aliphatic carboxylic acids is 1. The first-order valence-electron chi connectivity index (χ1n) is 6.41. The number of carboxylic acid groups (broad SMARTS) is 1. The van der Waals surface area contributed by atoms with Gasteiger partial charge in [-0.25, -0.2) is 4.68 Å². The van der Waals surface area contributed by atoms with Crippen LogP contribution in [0.4, 0.5) is 0 Å². The molecule has 1 aliphatic heterocycles. The maximum Gasteiger partial charge on any atom is 0.303 e. The minimum atomic E-state index is -0.906. The molecule has 1 amide bonds. The van der Waals surface area contributed by atoms with Crippen LogP contribution in [0.5, 0.6) is 0 Å². The molecule has 0 atom stereocenters. The SMILES string of the molecule is O=C(O)CCc1nnnn1CC(=O)N1CCCCC1. The van der Waals surface area contributed by atoms with Crippen LogP contribution in [0.1, 0.15) is 31.5 Å². The third kappa shape index (κ3) is 3.73. The predicted octanol–water partition coefficient (Wildman–Crippen LogP) is -0.297. The Morgan fingerprint density at radius 1 is 1.21 bits per heavy atom. The highest BCUT2D eigenvalue weighted by Gasteiger charge is 2.19. The van der Waals surface area contributed by atoms with E-state index in [2.05, 4.69) is 15.5 Å². The molecule has 0 radical (unpaired) electrons. The molecule has 0 spiro atoms. The first-order chi connectivity index (χ1) is 9.16. The van der Waals surface area contributed by atoms with Gasteiger partial charge in [0.2, 0.25) is 5.91 Å². The normalized spacial score (nSPS) is 15.5. The van der Waals surface area contributed by atoms with E-state index >= 15 is 0 Å². The van der Waals surface area contributed by atoms with E-state index in [-0.39, 0.29) is 25.3 Å². The Bertz CT molecular complexity index is 453. The molecular formula is C11H17N5O3. The summed E-state index contributed by atoms with van der Waals surface area (Å²) in [5, 5.41) is 19.6. The van der Waals surface area contributed by atoms with Crippen molar-refractivity contribution in [3.05, 3.63) is 5.82 Å². The van der Waals surface area contributed by atoms with E-state index in [1.807, 2.05) is 4.90 Å². The molecule has 0 unspecified atom stereocenters. The summed E-state index contributed by atoms with van der Waals surface area (Å²) < 4.78 is 1.39. The highest BCUT2D eigenvalue weighted by molar-refractivity contribution is 5.76. The largest absolute Gasteiger partial charge is 0.481 e. The van der Waals surface area contributed by atoms with Gasteiger partial charge in [0.1, 0.15) is 6.54 Å². The van der Waals surface area contributed by atoms with Gasteiger partial charge in [-0.15, -0.1) is 5.10 Å². The highest BCUT2D eigenvalue weighted by atomic mass is 16.4. The van der Waals surface area contributed by atoms with Crippen LogP contribution in [0.15, 0.2) is 0 Å². The number of carboxylic acids is 1. The van der Waals surface area contributed by atoms with E-state index in [9.17, 15) is 9.59 Å². The van der Waals surface area contributed by atoms with Gasteiger partial charge in [0.25, 0.3) is 0 Å². The molecule has 8 heteroatoms. The van der Waals surface area contributed by atoms with E-state index in [0.29, 0.717) is 5.82 Å². The van der Waals surface area contributed by atoms with Crippen LogP contribution in [0.2, 0.25) is 0 Å². The lowest BCUT2D eigenvalue weighted by Gasteiger charge is -2.26. The van der Waals surface area contributed by atoms with Gasteiger partial charge in [-0.1, -0.05) is 0 Å². The molecule has 2 heterocycles. The Morgan fingerprint density at radius 3 is 2.63 bits per heavy atom. The first kappa shape index (κ1) is 13.4. The number of amides is 1. The van der Waals surface area contributed by atoms with Crippen LogP contribution in [-0.2, 0) is 22.6 Å². The lowest BCUT2D eigenvalue weighted by atomic mass is 10.1. The van der Waals surface area contributed by atoms with Crippen molar-refractivity contribution in [1.82, 2.24) is 25.1 Å². The molecule has 1 saturated heterocycles. The summed E-state index contributed by atoms with van der Waals surface area (Å²) in [6.07, 6.45) is 3.42. The highest BCUT2D eigenvalue weighted by Crippen LogP contribution is 2.09. The zero-order valence-electron chi connectivity index (χ0n) is 10.7. The summed E-state index contributed by atoms with van der Waals surface area (Å²) in [5.41, 5.74) is 0. The summed E-state index contributed by atoms with van der Waals surface area (Å²) in [7, 11) is 0. The molecule has 0 aromatic carbocycles.